The summed E-state index contributed by atoms with van der Waals surface area (Å²) in [6, 6.07) is 4.59. The Morgan fingerprint density at radius 3 is 1.57 bits per heavy atom. The maximum Gasteiger partial charge on any atom is 0.292 e. The molecule has 5 aromatic rings. The van der Waals surface area contributed by atoms with Crippen molar-refractivity contribution >= 4 is 64.1 Å². The van der Waals surface area contributed by atoms with Crippen molar-refractivity contribution in [1.82, 2.24) is 38.1 Å². The van der Waals surface area contributed by atoms with Gasteiger partial charge in [-0.1, -0.05) is 0 Å². The van der Waals surface area contributed by atoms with E-state index in [9.17, 15) is 28.8 Å². The standard InChI is InChI=1S/C34H41N13O6/c1-19-36-27(17-43(19)3)42-34(53)30-41-28(18-47(30)7)40-29(49)9-8-10-35-31(50)24-12-22(15-44(24)4)38-33(52)26-13-23(16-46(26)6)39-32(51)25-11-21(14-45(25)5)37-20(2)48/h11-18H,8-10H2,1-7H3,(H,35,50)(H,37,48)(H,38,52)(H,39,51)(H,40,49)(H,42,53). The Kier molecular flexibility index (Phi) is 10.9. The fourth-order valence-corrected chi connectivity index (χ4v) is 5.45. The molecule has 5 aromatic heterocycles. The summed E-state index contributed by atoms with van der Waals surface area (Å²) in [7, 11) is 8.44. The lowest BCUT2D eigenvalue weighted by Gasteiger charge is -2.06. The molecule has 0 aromatic carbocycles. The van der Waals surface area contributed by atoms with Gasteiger partial charge in [-0.15, -0.1) is 0 Å². The second kappa shape index (κ2) is 15.5. The molecule has 0 aliphatic carbocycles. The summed E-state index contributed by atoms with van der Waals surface area (Å²) in [4.78, 5) is 84.0. The van der Waals surface area contributed by atoms with Crippen molar-refractivity contribution in [2.24, 2.45) is 35.2 Å². The summed E-state index contributed by atoms with van der Waals surface area (Å²) in [5.41, 5.74) is 2.09. The SMILES string of the molecule is CC(=O)Nc1cc(C(=O)Nc2cc(C(=O)Nc3cc(C(=O)NCCCC(=O)Nc4cn(C)c(C(=O)Nc5cn(C)c(C)n5)n4)n(C)c3)n(C)c2)n(C)c1. The van der Waals surface area contributed by atoms with Crippen LogP contribution >= 0.6 is 0 Å². The number of aryl methyl sites for hydroxylation is 6. The van der Waals surface area contributed by atoms with Crippen LogP contribution in [0.4, 0.5) is 28.7 Å². The molecule has 19 nitrogen and oxygen atoms in total. The van der Waals surface area contributed by atoms with Crippen LogP contribution in [0, 0.1) is 6.92 Å². The highest BCUT2D eigenvalue weighted by molar-refractivity contribution is 6.08. The highest BCUT2D eigenvalue weighted by Crippen LogP contribution is 2.20. The molecule has 0 aliphatic heterocycles. The van der Waals surface area contributed by atoms with Gasteiger partial charge >= 0.3 is 0 Å². The molecular weight excluding hydrogens is 686 g/mol. The highest BCUT2D eigenvalue weighted by Gasteiger charge is 2.20. The number of hydrogen-bond donors (Lipinski definition) is 6. The number of aromatic nitrogens is 7. The molecule has 19 heteroatoms. The number of nitrogens with one attached hydrogen (secondary N) is 6. The summed E-state index contributed by atoms with van der Waals surface area (Å²) in [5, 5.41) is 16.3. The first-order valence-corrected chi connectivity index (χ1v) is 16.4. The van der Waals surface area contributed by atoms with Gasteiger partial charge in [0.1, 0.15) is 22.9 Å². The highest BCUT2D eigenvalue weighted by atomic mass is 16.2. The minimum absolute atomic E-state index is 0.0858. The molecule has 53 heavy (non-hydrogen) atoms. The minimum Gasteiger partial charge on any atom is -0.351 e. The van der Waals surface area contributed by atoms with E-state index in [2.05, 4.69) is 41.9 Å². The van der Waals surface area contributed by atoms with Crippen LogP contribution in [0.25, 0.3) is 0 Å². The number of anilines is 5. The van der Waals surface area contributed by atoms with Gasteiger partial charge in [0, 0.05) is 86.1 Å². The second-order valence-electron chi connectivity index (χ2n) is 12.5. The van der Waals surface area contributed by atoms with E-state index in [0.717, 1.165) is 5.82 Å². The van der Waals surface area contributed by atoms with Crippen LogP contribution < -0.4 is 31.9 Å². The van der Waals surface area contributed by atoms with Gasteiger partial charge in [-0.05, 0) is 31.5 Å². The first-order chi connectivity index (χ1) is 25.1. The van der Waals surface area contributed by atoms with E-state index in [-0.39, 0.29) is 47.8 Å². The number of amides is 6. The van der Waals surface area contributed by atoms with Gasteiger partial charge in [0.2, 0.25) is 17.6 Å². The third-order valence-electron chi connectivity index (χ3n) is 8.11. The predicted octanol–water partition coefficient (Wildman–Crippen LogP) is 2.34. The molecule has 0 fully saturated rings. The fraction of sp³-hybridized carbons (Fsp3) is 0.294. The largest absolute Gasteiger partial charge is 0.351 e. The van der Waals surface area contributed by atoms with Crippen molar-refractivity contribution in [3.8, 4) is 0 Å². The Labute approximate surface area is 303 Å². The molecule has 5 heterocycles. The third-order valence-corrected chi connectivity index (χ3v) is 8.11. The van der Waals surface area contributed by atoms with Gasteiger partial charge in [-0.25, -0.2) is 9.97 Å². The Morgan fingerprint density at radius 1 is 0.566 bits per heavy atom. The van der Waals surface area contributed by atoms with E-state index < -0.39 is 23.6 Å². The number of rotatable bonds is 13. The third kappa shape index (κ3) is 9.06. The zero-order chi connectivity index (χ0) is 38.6. The average molecular weight is 728 g/mol. The molecule has 0 aliphatic rings. The molecule has 0 saturated heterocycles. The Balaban J connectivity index is 1.08. The molecule has 5 rings (SSSR count). The molecule has 0 bridgehead atoms. The lowest BCUT2D eigenvalue weighted by Crippen LogP contribution is -2.27. The lowest BCUT2D eigenvalue weighted by atomic mass is 10.3. The van der Waals surface area contributed by atoms with Gasteiger partial charge in [0.15, 0.2) is 11.6 Å². The molecular formula is C34H41N13O6. The number of carbonyl (C=O) groups excluding carboxylic acids is 6. The van der Waals surface area contributed by atoms with Crippen LogP contribution in [0.2, 0.25) is 0 Å². The zero-order valence-electron chi connectivity index (χ0n) is 30.3. The monoisotopic (exact) mass is 727 g/mol. The summed E-state index contributed by atoms with van der Waals surface area (Å²) in [6.45, 7) is 3.39. The molecule has 0 saturated carbocycles. The van der Waals surface area contributed by atoms with E-state index in [1.165, 1.54) is 29.8 Å². The van der Waals surface area contributed by atoms with E-state index in [1.807, 2.05) is 14.0 Å². The molecule has 0 atom stereocenters. The van der Waals surface area contributed by atoms with Gasteiger partial charge in [0.25, 0.3) is 23.6 Å². The van der Waals surface area contributed by atoms with Crippen LogP contribution in [0.5, 0.6) is 0 Å². The Morgan fingerprint density at radius 2 is 1.06 bits per heavy atom. The molecule has 0 radical (unpaired) electrons. The van der Waals surface area contributed by atoms with Crippen LogP contribution in [-0.4, -0.2) is 74.8 Å². The number of carbonyl (C=O) groups is 6. The Hall–Kier alpha value is -6.92. The number of imidazole rings is 2. The molecule has 0 spiro atoms. The Bertz CT molecular complexity index is 2210. The number of hydrogen-bond acceptors (Lipinski definition) is 8. The summed E-state index contributed by atoms with van der Waals surface area (Å²) in [6.07, 6.45) is 8.42. The topological polar surface area (TPSA) is 225 Å². The van der Waals surface area contributed by atoms with E-state index >= 15 is 0 Å². The van der Waals surface area contributed by atoms with Gasteiger partial charge in [-0.2, -0.15) is 0 Å². The minimum atomic E-state index is -0.475. The van der Waals surface area contributed by atoms with Gasteiger partial charge in [-0.3, -0.25) is 28.8 Å². The van der Waals surface area contributed by atoms with Crippen molar-refractivity contribution in [3.05, 3.63) is 77.9 Å². The first-order valence-electron chi connectivity index (χ1n) is 16.4. The van der Waals surface area contributed by atoms with E-state index in [4.69, 9.17) is 0 Å². The summed E-state index contributed by atoms with van der Waals surface area (Å²) < 4.78 is 7.96. The van der Waals surface area contributed by atoms with E-state index in [0.29, 0.717) is 35.0 Å². The van der Waals surface area contributed by atoms with Crippen molar-refractivity contribution in [2.45, 2.75) is 26.7 Å². The maximum atomic E-state index is 13.1. The lowest BCUT2D eigenvalue weighted by molar-refractivity contribution is -0.116. The summed E-state index contributed by atoms with van der Waals surface area (Å²) in [5.74, 6) is -0.946. The fourth-order valence-electron chi connectivity index (χ4n) is 5.45. The molecule has 6 amide bonds. The number of nitrogens with zero attached hydrogens (tertiary/aromatic N) is 7. The van der Waals surface area contributed by atoms with Crippen molar-refractivity contribution < 1.29 is 28.8 Å². The second-order valence-corrected chi connectivity index (χ2v) is 12.5. The molecule has 0 unspecified atom stereocenters. The van der Waals surface area contributed by atoms with Crippen molar-refractivity contribution in [2.75, 3.05) is 33.1 Å². The maximum absolute atomic E-state index is 13.1. The van der Waals surface area contributed by atoms with Gasteiger partial charge < -0.3 is 54.7 Å². The quantitative estimate of drug-likeness (QED) is 0.0985. The van der Waals surface area contributed by atoms with Crippen LogP contribution in [0.3, 0.4) is 0 Å². The van der Waals surface area contributed by atoms with Crippen LogP contribution in [0.1, 0.15) is 67.7 Å². The molecule has 6 N–H and O–H groups in total. The van der Waals surface area contributed by atoms with Crippen LogP contribution in [0.15, 0.2) is 49.2 Å². The first kappa shape index (κ1) is 37.3. The predicted molar refractivity (Wildman–Crippen MR) is 196 cm³/mol. The summed E-state index contributed by atoms with van der Waals surface area (Å²) >= 11 is 0. The smallest absolute Gasteiger partial charge is 0.292 e. The normalized spacial score (nSPS) is 10.8. The van der Waals surface area contributed by atoms with Gasteiger partial charge in [0.05, 0.1) is 17.1 Å². The molecule has 278 valence electrons. The van der Waals surface area contributed by atoms with Crippen molar-refractivity contribution in [1.29, 1.82) is 0 Å². The zero-order valence-corrected chi connectivity index (χ0v) is 30.3. The van der Waals surface area contributed by atoms with E-state index in [1.54, 1.807) is 77.3 Å². The van der Waals surface area contributed by atoms with Crippen molar-refractivity contribution in [3.63, 3.8) is 0 Å². The van der Waals surface area contributed by atoms with Crippen LogP contribution in [-0.2, 0) is 44.8 Å². The average Bonchev–Trinajstić information content (AvgIpc) is 3.88.